The summed E-state index contributed by atoms with van der Waals surface area (Å²) >= 11 is 0. The topological polar surface area (TPSA) is 58.9 Å². The van der Waals surface area contributed by atoms with Gasteiger partial charge in [0, 0.05) is 30.7 Å². The molecule has 1 amide bonds. The maximum atomic E-state index is 13.8. The average Bonchev–Trinajstić information content (AvgIpc) is 2.90. The number of nitrogens with zero attached hydrogens (tertiary/aromatic N) is 3. The van der Waals surface area contributed by atoms with Crippen LogP contribution >= 0.6 is 0 Å². The van der Waals surface area contributed by atoms with E-state index in [1.54, 1.807) is 15.4 Å². The number of nitrogens with one attached hydrogen (secondary N) is 1. The number of rotatable bonds is 2. The van der Waals surface area contributed by atoms with Gasteiger partial charge in [-0.2, -0.15) is 0 Å². The lowest BCUT2D eigenvalue weighted by atomic mass is 9.93. The van der Waals surface area contributed by atoms with Crippen LogP contribution in [0.3, 0.4) is 0 Å². The number of fused-ring (bicyclic) bond motifs is 1. The van der Waals surface area contributed by atoms with Crippen LogP contribution < -0.4 is 5.32 Å². The van der Waals surface area contributed by atoms with Crippen LogP contribution in [-0.4, -0.2) is 44.6 Å². The van der Waals surface area contributed by atoms with Crippen LogP contribution in [-0.2, 0) is 4.74 Å². The molecule has 1 N–H and O–H groups in total. The molecule has 7 heteroatoms. The molecule has 0 bridgehead atoms. The molecule has 2 aromatic rings. The number of halogens is 1. The minimum absolute atomic E-state index is 0.186. The number of hydrogen-bond donors (Lipinski definition) is 1. The lowest BCUT2D eigenvalue weighted by Gasteiger charge is -2.33. The summed E-state index contributed by atoms with van der Waals surface area (Å²) < 4.78 is 21.1. The first-order valence-corrected chi connectivity index (χ1v) is 9.86. The second kappa shape index (κ2) is 7.26. The van der Waals surface area contributed by atoms with E-state index in [1.165, 1.54) is 12.3 Å². The van der Waals surface area contributed by atoms with Gasteiger partial charge >= 0.3 is 6.09 Å². The Morgan fingerprint density at radius 2 is 1.82 bits per heavy atom. The third kappa shape index (κ3) is 4.75. The summed E-state index contributed by atoms with van der Waals surface area (Å²) in [6, 6.07) is 3.13. The molecule has 0 saturated carbocycles. The van der Waals surface area contributed by atoms with Crippen LogP contribution in [0.5, 0.6) is 0 Å². The first-order valence-electron chi connectivity index (χ1n) is 9.86. The van der Waals surface area contributed by atoms with Gasteiger partial charge in [0.15, 0.2) is 0 Å². The molecular formula is C21H31FN4O2. The SMILES string of the molecule is CC(C)(C)Nc1c(C2CCN(C(=O)OC(C)(C)C)CC2)nc2ccc(F)cn12. The summed E-state index contributed by atoms with van der Waals surface area (Å²) in [6.45, 7) is 13.1. The average molecular weight is 391 g/mol. The van der Waals surface area contributed by atoms with Crippen LogP contribution in [0.1, 0.15) is 66.0 Å². The fourth-order valence-corrected chi connectivity index (χ4v) is 3.46. The van der Waals surface area contributed by atoms with Crippen LogP contribution in [0.2, 0.25) is 0 Å². The summed E-state index contributed by atoms with van der Waals surface area (Å²) in [5.74, 6) is 0.734. The van der Waals surface area contributed by atoms with Crippen molar-refractivity contribution in [2.75, 3.05) is 18.4 Å². The van der Waals surface area contributed by atoms with E-state index in [-0.39, 0.29) is 23.4 Å². The molecule has 0 atom stereocenters. The Hall–Kier alpha value is -2.31. The number of ether oxygens (including phenoxy) is 1. The molecule has 3 rings (SSSR count). The van der Waals surface area contributed by atoms with Crippen LogP contribution in [0.4, 0.5) is 15.0 Å². The highest BCUT2D eigenvalue weighted by Crippen LogP contribution is 2.35. The third-order valence-electron chi connectivity index (χ3n) is 4.64. The summed E-state index contributed by atoms with van der Waals surface area (Å²) in [6.07, 6.45) is 2.79. The van der Waals surface area contributed by atoms with Crippen molar-refractivity contribution >= 4 is 17.6 Å². The zero-order valence-electron chi connectivity index (χ0n) is 17.7. The molecule has 154 valence electrons. The highest BCUT2D eigenvalue weighted by atomic mass is 19.1. The Bertz CT molecular complexity index is 856. The van der Waals surface area contributed by atoms with Gasteiger partial charge in [-0.05, 0) is 66.5 Å². The molecular weight excluding hydrogens is 359 g/mol. The summed E-state index contributed by atoms with van der Waals surface area (Å²) in [7, 11) is 0. The molecule has 1 aliphatic heterocycles. The number of likely N-dealkylation sites (tertiary alicyclic amines) is 1. The van der Waals surface area contributed by atoms with Crippen molar-refractivity contribution in [3.63, 3.8) is 0 Å². The molecule has 0 unspecified atom stereocenters. The molecule has 3 heterocycles. The lowest BCUT2D eigenvalue weighted by molar-refractivity contribution is 0.0204. The van der Waals surface area contributed by atoms with Gasteiger partial charge in [-0.25, -0.2) is 14.2 Å². The fraction of sp³-hybridized carbons (Fsp3) is 0.619. The van der Waals surface area contributed by atoms with Crippen molar-refractivity contribution < 1.29 is 13.9 Å². The Balaban J connectivity index is 1.82. The summed E-state index contributed by atoms with van der Waals surface area (Å²) in [5.41, 5.74) is 0.972. The van der Waals surface area contributed by atoms with E-state index in [4.69, 9.17) is 9.72 Å². The zero-order chi connectivity index (χ0) is 20.7. The second-order valence-corrected chi connectivity index (χ2v) is 9.54. The molecule has 1 saturated heterocycles. The number of amides is 1. The summed E-state index contributed by atoms with van der Waals surface area (Å²) in [5, 5.41) is 3.49. The highest BCUT2D eigenvalue weighted by Gasteiger charge is 2.31. The molecule has 2 aromatic heterocycles. The number of anilines is 1. The van der Waals surface area contributed by atoms with Gasteiger partial charge in [-0.15, -0.1) is 0 Å². The van der Waals surface area contributed by atoms with E-state index in [2.05, 4.69) is 26.1 Å². The van der Waals surface area contributed by atoms with E-state index in [1.807, 2.05) is 20.8 Å². The standard InChI is InChI=1S/C21H31FN4O2/c1-20(2,3)24-18-17(23-16-8-7-15(22)13-26(16)18)14-9-11-25(12-10-14)19(27)28-21(4,5)6/h7-8,13-14,24H,9-12H2,1-6H3. The van der Waals surface area contributed by atoms with E-state index < -0.39 is 5.60 Å². The molecule has 6 nitrogen and oxygen atoms in total. The van der Waals surface area contributed by atoms with Crippen molar-refractivity contribution in [3.05, 3.63) is 29.8 Å². The number of pyridine rings is 1. The van der Waals surface area contributed by atoms with Gasteiger partial charge in [0.25, 0.3) is 0 Å². The molecule has 0 radical (unpaired) electrons. The quantitative estimate of drug-likeness (QED) is 0.800. The Morgan fingerprint density at radius 3 is 2.39 bits per heavy atom. The normalized spacial score (nSPS) is 16.5. The van der Waals surface area contributed by atoms with Gasteiger partial charge in [0.2, 0.25) is 0 Å². The minimum Gasteiger partial charge on any atom is -0.444 e. The molecule has 28 heavy (non-hydrogen) atoms. The van der Waals surface area contributed by atoms with E-state index >= 15 is 0 Å². The third-order valence-corrected chi connectivity index (χ3v) is 4.64. The zero-order valence-corrected chi connectivity index (χ0v) is 17.7. The van der Waals surface area contributed by atoms with Crippen LogP contribution in [0, 0.1) is 5.82 Å². The molecule has 1 fully saturated rings. The molecule has 0 spiro atoms. The first-order chi connectivity index (χ1) is 12.9. The van der Waals surface area contributed by atoms with Crippen molar-refractivity contribution in [2.24, 2.45) is 0 Å². The van der Waals surface area contributed by atoms with Crippen molar-refractivity contribution in [1.82, 2.24) is 14.3 Å². The number of aromatic nitrogens is 2. The number of carbonyl (C=O) groups excluding carboxylic acids is 1. The minimum atomic E-state index is -0.497. The fourth-order valence-electron chi connectivity index (χ4n) is 3.46. The maximum absolute atomic E-state index is 13.8. The molecule has 0 aliphatic carbocycles. The Kier molecular flexibility index (Phi) is 5.30. The Morgan fingerprint density at radius 1 is 1.18 bits per heavy atom. The van der Waals surface area contributed by atoms with Crippen LogP contribution in [0.25, 0.3) is 5.65 Å². The Labute approximate surface area is 166 Å². The van der Waals surface area contributed by atoms with E-state index in [0.29, 0.717) is 13.1 Å². The maximum Gasteiger partial charge on any atom is 0.410 e. The van der Waals surface area contributed by atoms with Crippen molar-refractivity contribution in [2.45, 2.75) is 71.4 Å². The summed E-state index contributed by atoms with van der Waals surface area (Å²) in [4.78, 5) is 18.9. The van der Waals surface area contributed by atoms with Crippen LogP contribution in [0.15, 0.2) is 18.3 Å². The second-order valence-electron chi connectivity index (χ2n) is 9.54. The smallest absolute Gasteiger partial charge is 0.410 e. The molecule has 0 aromatic carbocycles. The molecule has 1 aliphatic rings. The van der Waals surface area contributed by atoms with E-state index in [9.17, 15) is 9.18 Å². The van der Waals surface area contributed by atoms with Gasteiger partial charge in [-0.1, -0.05) is 0 Å². The van der Waals surface area contributed by atoms with Crippen molar-refractivity contribution in [1.29, 1.82) is 0 Å². The predicted octanol–water partition coefficient (Wildman–Crippen LogP) is 4.80. The van der Waals surface area contributed by atoms with Gasteiger partial charge in [0.1, 0.15) is 22.9 Å². The van der Waals surface area contributed by atoms with E-state index in [0.717, 1.165) is 30.0 Å². The monoisotopic (exact) mass is 390 g/mol. The number of hydrogen-bond acceptors (Lipinski definition) is 4. The van der Waals surface area contributed by atoms with Gasteiger partial charge < -0.3 is 15.0 Å². The number of carbonyl (C=O) groups is 1. The lowest BCUT2D eigenvalue weighted by Crippen LogP contribution is -2.41. The predicted molar refractivity (Wildman–Crippen MR) is 108 cm³/mol. The number of imidazole rings is 1. The largest absolute Gasteiger partial charge is 0.444 e. The van der Waals surface area contributed by atoms with Gasteiger partial charge in [-0.3, -0.25) is 4.40 Å². The first kappa shape index (κ1) is 20.4. The number of piperidine rings is 1. The highest BCUT2D eigenvalue weighted by molar-refractivity contribution is 5.68. The van der Waals surface area contributed by atoms with Crippen molar-refractivity contribution in [3.8, 4) is 0 Å². The van der Waals surface area contributed by atoms with Gasteiger partial charge in [0.05, 0.1) is 5.69 Å².